The Morgan fingerprint density at radius 1 is 1.11 bits per heavy atom. The average Bonchev–Trinajstić information content (AvgIpc) is 3.09. The van der Waals surface area contributed by atoms with Gasteiger partial charge in [-0.2, -0.15) is 0 Å². The zero-order valence-electron chi connectivity index (χ0n) is 15.5. The highest BCUT2D eigenvalue weighted by Crippen LogP contribution is 2.34. The summed E-state index contributed by atoms with van der Waals surface area (Å²) in [7, 11) is 1.56. The number of nitrogens with zero attached hydrogens (tertiary/aromatic N) is 1. The summed E-state index contributed by atoms with van der Waals surface area (Å²) in [5.41, 5.74) is 2.15. The number of aryl methyl sites for hydroxylation is 1. The molecule has 0 saturated heterocycles. The Kier molecular flexibility index (Phi) is 5.76. The predicted octanol–water partition coefficient (Wildman–Crippen LogP) is 4.41. The van der Waals surface area contributed by atoms with E-state index in [0.717, 1.165) is 5.56 Å². The van der Waals surface area contributed by atoms with Gasteiger partial charge in [0.25, 0.3) is 0 Å². The van der Waals surface area contributed by atoms with Gasteiger partial charge in [0, 0.05) is 12.5 Å². The summed E-state index contributed by atoms with van der Waals surface area (Å²) in [5.74, 6) is 1.06. The number of oxazole rings is 1. The fraction of sp³-hybridized carbons (Fsp3) is 0.238. The van der Waals surface area contributed by atoms with Gasteiger partial charge in [0.15, 0.2) is 17.4 Å². The van der Waals surface area contributed by atoms with E-state index in [1.54, 1.807) is 33.1 Å². The van der Waals surface area contributed by atoms with Crippen LogP contribution in [0.25, 0.3) is 11.3 Å². The number of ether oxygens (including phenoxy) is 3. The number of hydrogen-bond donors (Lipinski definition) is 0. The molecule has 140 valence electrons. The maximum Gasteiger partial charge on any atom is 0.376 e. The van der Waals surface area contributed by atoms with Gasteiger partial charge in [-0.3, -0.25) is 0 Å². The number of methoxy groups -OCH3 is 1. The standard InChI is InChI=1S/C21H21NO5/c1-4-25-21(23)20-19(22-14(2)27-20)16-10-11-17(18(12-16)24-3)26-13-15-8-6-5-7-9-15/h5-12H,4,13H2,1-3H3. The highest BCUT2D eigenvalue weighted by molar-refractivity contribution is 5.93. The molecule has 0 radical (unpaired) electrons. The van der Waals surface area contributed by atoms with Crippen LogP contribution in [0.5, 0.6) is 11.5 Å². The molecule has 6 nitrogen and oxygen atoms in total. The smallest absolute Gasteiger partial charge is 0.376 e. The number of benzene rings is 2. The Morgan fingerprint density at radius 3 is 2.59 bits per heavy atom. The monoisotopic (exact) mass is 367 g/mol. The van der Waals surface area contributed by atoms with E-state index in [1.807, 2.05) is 36.4 Å². The average molecular weight is 367 g/mol. The molecule has 0 unspecified atom stereocenters. The van der Waals surface area contributed by atoms with Crippen LogP contribution in [0.4, 0.5) is 0 Å². The second kappa shape index (κ2) is 8.40. The van der Waals surface area contributed by atoms with Gasteiger partial charge in [0.2, 0.25) is 5.76 Å². The van der Waals surface area contributed by atoms with E-state index in [9.17, 15) is 4.79 Å². The molecule has 1 aromatic heterocycles. The normalized spacial score (nSPS) is 10.5. The Hall–Kier alpha value is -3.28. The van der Waals surface area contributed by atoms with Crippen LogP contribution in [-0.4, -0.2) is 24.7 Å². The summed E-state index contributed by atoms with van der Waals surface area (Å²) >= 11 is 0. The molecule has 0 spiro atoms. The summed E-state index contributed by atoms with van der Waals surface area (Å²) < 4.78 is 21.8. The maximum absolute atomic E-state index is 12.1. The molecule has 6 heteroatoms. The molecule has 3 rings (SSSR count). The van der Waals surface area contributed by atoms with Gasteiger partial charge in [-0.1, -0.05) is 30.3 Å². The Balaban J connectivity index is 1.87. The minimum absolute atomic E-state index is 0.0781. The lowest BCUT2D eigenvalue weighted by atomic mass is 10.1. The zero-order chi connectivity index (χ0) is 19.2. The van der Waals surface area contributed by atoms with Crippen LogP contribution in [0.3, 0.4) is 0 Å². The summed E-state index contributed by atoms with van der Waals surface area (Å²) in [5, 5.41) is 0. The van der Waals surface area contributed by atoms with Gasteiger partial charge in [0.1, 0.15) is 12.3 Å². The first-order valence-corrected chi connectivity index (χ1v) is 8.62. The molecule has 0 aliphatic rings. The van der Waals surface area contributed by atoms with Crippen molar-refractivity contribution in [3.8, 4) is 22.8 Å². The van der Waals surface area contributed by atoms with Gasteiger partial charge in [-0.05, 0) is 30.7 Å². The summed E-state index contributed by atoms with van der Waals surface area (Å²) in [4.78, 5) is 16.4. The zero-order valence-corrected chi connectivity index (χ0v) is 15.5. The molecule has 0 saturated carbocycles. The third kappa shape index (κ3) is 4.28. The molecule has 1 heterocycles. The van der Waals surface area contributed by atoms with E-state index in [0.29, 0.717) is 35.3 Å². The fourth-order valence-electron chi connectivity index (χ4n) is 2.63. The van der Waals surface area contributed by atoms with Crippen molar-refractivity contribution in [2.75, 3.05) is 13.7 Å². The first-order chi connectivity index (χ1) is 13.1. The molecule has 0 amide bonds. The predicted molar refractivity (Wildman–Crippen MR) is 100.0 cm³/mol. The highest BCUT2D eigenvalue weighted by Gasteiger charge is 2.22. The lowest BCUT2D eigenvalue weighted by molar-refractivity contribution is 0.0490. The third-order valence-corrected chi connectivity index (χ3v) is 3.87. The van der Waals surface area contributed by atoms with Crippen molar-refractivity contribution >= 4 is 5.97 Å². The molecule has 27 heavy (non-hydrogen) atoms. The fourth-order valence-corrected chi connectivity index (χ4v) is 2.63. The first-order valence-electron chi connectivity index (χ1n) is 8.62. The number of carbonyl (C=O) groups is 1. The Bertz CT molecular complexity index is 918. The van der Waals surface area contributed by atoms with Crippen molar-refractivity contribution in [1.29, 1.82) is 0 Å². The molecular formula is C21H21NO5. The molecule has 0 N–H and O–H groups in total. The third-order valence-electron chi connectivity index (χ3n) is 3.87. The van der Waals surface area contributed by atoms with E-state index in [1.165, 1.54) is 0 Å². The van der Waals surface area contributed by atoms with E-state index in [-0.39, 0.29) is 12.4 Å². The van der Waals surface area contributed by atoms with E-state index < -0.39 is 5.97 Å². The van der Waals surface area contributed by atoms with Crippen LogP contribution in [0, 0.1) is 6.92 Å². The number of hydrogen-bond acceptors (Lipinski definition) is 6. The quantitative estimate of drug-likeness (QED) is 0.576. The molecule has 3 aromatic rings. The summed E-state index contributed by atoms with van der Waals surface area (Å²) in [6, 6.07) is 15.2. The Labute approximate surface area is 157 Å². The van der Waals surface area contributed by atoms with Crippen LogP contribution in [-0.2, 0) is 11.3 Å². The van der Waals surface area contributed by atoms with Gasteiger partial charge < -0.3 is 18.6 Å². The number of aromatic nitrogens is 1. The SMILES string of the molecule is CCOC(=O)c1oc(C)nc1-c1ccc(OCc2ccccc2)c(OC)c1. The van der Waals surface area contributed by atoms with Crippen LogP contribution >= 0.6 is 0 Å². The molecule has 0 atom stereocenters. The second-order valence-corrected chi connectivity index (χ2v) is 5.77. The Morgan fingerprint density at radius 2 is 1.89 bits per heavy atom. The highest BCUT2D eigenvalue weighted by atomic mass is 16.5. The second-order valence-electron chi connectivity index (χ2n) is 5.77. The van der Waals surface area contributed by atoms with E-state index in [2.05, 4.69) is 4.98 Å². The van der Waals surface area contributed by atoms with Crippen LogP contribution in [0.1, 0.15) is 28.9 Å². The molecular weight excluding hydrogens is 346 g/mol. The van der Waals surface area contributed by atoms with Gasteiger partial charge in [-0.25, -0.2) is 9.78 Å². The first kappa shape index (κ1) is 18.5. The van der Waals surface area contributed by atoms with Crippen LogP contribution in [0.15, 0.2) is 52.9 Å². The number of carbonyl (C=O) groups excluding carboxylic acids is 1. The maximum atomic E-state index is 12.1. The van der Waals surface area contributed by atoms with Crippen LogP contribution < -0.4 is 9.47 Å². The van der Waals surface area contributed by atoms with Crippen LogP contribution in [0.2, 0.25) is 0 Å². The molecule has 0 bridgehead atoms. The molecule has 0 aliphatic carbocycles. The van der Waals surface area contributed by atoms with Gasteiger partial charge >= 0.3 is 5.97 Å². The van der Waals surface area contributed by atoms with Crippen molar-refractivity contribution < 1.29 is 23.4 Å². The largest absolute Gasteiger partial charge is 0.493 e. The summed E-state index contributed by atoms with van der Waals surface area (Å²) in [6.45, 7) is 4.10. The number of esters is 1. The lowest BCUT2D eigenvalue weighted by Gasteiger charge is -2.12. The van der Waals surface area contributed by atoms with Crippen molar-refractivity contribution in [3.63, 3.8) is 0 Å². The minimum Gasteiger partial charge on any atom is -0.493 e. The number of rotatable bonds is 7. The van der Waals surface area contributed by atoms with E-state index >= 15 is 0 Å². The van der Waals surface area contributed by atoms with Crippen molar-refractivity contribution in [1.82, 2.24) is 4.98 Å². The van der Waals surface area contributed by atoms with Gasteiger partial charge in [0.05, 0.1) is 13.7 Å². The molecule has 2 aromatic carbocycles. The molecule has 0 fully saturated rings. The van der Waals surface area contributed by atoms with E-state index in [4.69, 9.17) is 18.6 Å². The lowest BCUT2D eigenvalue weighted by Crippen LogP contribution is -2.05. The van der Waals surface area contributed by atoms with Gasteiger partial charge in [-0.15, -0.1) is 0 Å². The summed E-state index contributed by atoms with van der Waals surface area (Å²) in [6.07, 6.45) is 0. The minimum atomic E-state index is -0.545. The molecule has 0 aliphatic heterocycles. The van der Waals surface area contributed by atoms with Crippen molar-refractivity contribution in [2.45, 2.75) is 20.5 Å². The topological polar surface area (TPSA) is 70.8 Å². The van der Waals surface area contributed by atoms with Crippen molar-refractivity contribution in [3.05, 3.63) is 65.7 Å². The van der Waals surface area contributed by atoms with Crippen molar-refractivity contribution in [2.24, 2.45) is 0 Å².